The van der Waals surface area contributed by atoms with Crippen molar-refractivity contribution in [1.29, 1.82) is 0 Å². The quantitative estimate of drug-likeness (QED) is 0.842. The Labute approximate surface area is 108 Å². The summed E-state index contributed by atoms with van der Waals surface area (Å²) in [6, 6.07) is 0. The largest absolute Gasteiger partial charge is 0.365 e. The highest BCUT2D eigenvalue weighted by atomic mass is 35.5. The Balaban J connectivity index is 2.08. The Morgan fingerprint density at radius 2 is 2.06 bits per heavy atom. The molecule has 1 saturated heterocycles. The van der Waals surface area contributed by atoms with Gasteiger partial charge in [-0.25, -0.2) is 9.97 Å². The van der Waals surface area contributed by atoms with Crippen LogP contribution in [0.15, 0.2) is 6.33 Å². The van der Waals surface area contributed by atoms with Crippen molar-refractivity contribution < 1.29 is 9.53 Å². The summed E-state index contributed by atoms with van der Waals surface area (Å²) < 4.78 is 5.44. The molecule has 7 heteroatoms. The van der Waals surface area contributed by atoms with E-state index in [0.717, 1.165) is 6.42 Å². The number of nitrogens with zero attached hydrogens (tertiary/aromatic N) is 2. The molecule has 0 aromatic carbocycles. The molecule has 0 radical (unpaired) electrons. The van der Waals surface area contributed by atoms with Crippen LogP contribution < -0.4 is 5.32 Å². The fourth-order valence-corrected chi connectivity index (χ4v) is 2.06. The van der Waals surface area contributed by atoms with Gasteiger partial charge in [-0.3, -0.25) is 4.79 Å². The summed E-state index contributed by atoms with van der Waals surface area (Å²) in [5, 5.41) is 2.82. The van der Waals surface area contributed by atoms with Crippen molar-refractivity contribution >= 4 is 34.8 Å². The Morgan fingerprint density at radius 3 is 2.59 bits per heavy atom. The number of carbonyl (C=O) groups is 1. The van der Waals surface area contributed by atoms with Crippen molar-refractivity contribution in [3.63, 3.8) is 0 Å². The highest BCUT2D eigenvalue weighted by molar-refractivity contribution is 6.38. The molecule has 1 aliphatic heterocycles. The van der Waals surface area contributed by atoms with Gasteiger partial charge in [-0.1, -0.05) is 23.2 Å². The van der Waals surface area contributed by atoms with Gasteiger partial charge in [-0.15, -0.1) is 0 Å². The number of carbonyl (C=O) groups excluding carboxylic acids is 1. The number of amides is 1. The normalized spacial score (nSPS) is 23.7. The highest BCUT2D eigenvalue weighted by Gasteiger charge is 2.29. The molecular weight excluding hydrogens is 265 g/mol. The molecule has 2 heterocycles. The number of halogens is 2. The molecule has 1 N–H and O–H groups in total. The topological polar surface area (TPSA) is 64.1 Å². The van der Waals surface area contributed by atoms with Crippen molar-refractivity contribution in [2.45, 2.75) is 32.0 Å². The second-order valence-electron chi connectivity index (χ2n) is 3.83. The molecule has 2 atom stereocenters. The molecule has 1 aromatic rings. The molecule has 1 amide bonds. The van der Waals surface area contributed by atoms with E-state index in [-0.39, 0.29) is 28.0 Å². The van der Waals surface area contributed by atoms with Crippen molar-refractivity contribution in [2.75, 3.05) is 5.32 Å². The monoisotopic (exact) mass is 275 g/mol. The number of hydrogen-bond donors (Lipinski definition) is 1. The minimum Gasteiger partial charge on any atom is -0.365 e. The summed E-state index contributed by atoms with van der Waals surface area (Å²) in [7, 11) is 0. The molecule has 1 fully saturated rings. The maximum absolute atomic E-state index is 11.9. The molecular formula is C10H11Cl2N3O2. The first-order valence-corrected chi connectivity index (χ1v) is 5.96. The van der Waals surface area contributed by atoms with E-state index in [1.54, 1.807) is 0 Å². The van der Waals surface area contributed by atoms with Crippen LogP contribution in [0.2, 0.25) is 10.3 Å². The van der Waals surface area contributed by atoms with Crippen LogP contribution in [0.5, 0.6) is 0 Å². The van der Waals surface area contributed by atoms with Gasteiger partial charge in [-0.2, -0.15) is 0 Å². The lowest BCUT2D eigenvalue weighted by atomic mass is 10.2. The average Bonchev–Trinajstić information content (AvgIpc) is 2.70. The van der Waals surface area contributed by atoms with Crippen LogP contribution in [-0.2, 0) is 9.53 Å². The van der Waals surface area contributed by atoms with E-state index in [1.807, 2.05) is 6.92 Å². The van der Waals surface area contributed by atoms with Crippen molar-refractivity contribution in [2.24, 2.45) is 0 Å². The lowest BCUT2D eigenvalue weighted by Gasteiger charge is -2.12. The molecule has 2 rings (SSSR count). The first kappa shape index (κ1) is 12.5. The Hall–Kier alpha value is -0.910. The molecule has 0 aliphatic carbocycles. The average molecular weight is 276 g/mol. The summed E-state index contributed by atoms with van der Waals surface area (Å²) in [5.41, 5.74) is 0.226. The maximum atomic E-state index is 11.9. The van der Waals surface area contributed by atoms with Gasteiger partial charge in [0.2, 0.25) is 0 Å². The molecule has 1 aliphatic rings. The predicted molar refractivity (Wildman–Crippen MR) is 64.3 cm³/mol. The Bertz CT molecular complexity index is 421. The van der Waals surface area contributed by atoms with Crippen LogP contribution >= 0.6 is 23.2 Å². The summed E-state index contributed by atoms with van der Waals surface area (Å²) >= 11 is 11.6. The molecule has 5 nitrogen and oxygen atoms in total. The predicted octanol–water partition coefficient (Wildman–Crippen LogP) is 2.29. The van der Waals surface area contributed by atoms with Crippen LogP contribution in [0, 0.1) is 0 Å². The van der Waals surface area contributed by atoms with Gasteiger partial charge in [0, 0.05) is 0 Å². The first-order chi connectivity index (χ1) is 8.08. The minimum absolute atomic E-state index is 0.101. The standard InChI is InChI=1S/C10H11Cl2N3O2/c1-5-2-3-6(17-5)10(16)15-7-8(11)13-4-14-9(7)12/h4-6H,2-3H2,1H3,(H,15,16). The summed E-state index contributed by atoms with van der Waals surface area (Å²) in [6.07, 6.45) is 2.43. The van der Waals surface area contributed by atoms with Gasteiger partial charge in [0.1, 0.15) is 18.1 Å². The maximum Gasteiger partial charge on any atom is 0.253 e. The van der Waals surface area contributed by atoms with Crippen LogP contribution in [0.25, 0.3) is 0 Å². The minimum atomic E-state index is -0.461. The third kappa shape index (κ3) is 2.86. The zero-order chi connectivity index (χ0) is 12.4. The zero-order valence-electron chi connectivity index (χ0n) is 9.11. The second-order valence-corrected chi connectivity index (χ2v) is 4.55. The number of nitrogens with one attached hydrogen (secondary N) is 1. The van der Waals surface area contributed by atoms with Crippen LogP contribution in [-0.4, -0.2) is 28.1 Å². The fourth-order valence-electron chi connectivity index (χ4n) is 1.65. The van der Waals surface area contributed by atoms with E-state index in [0.29, 0.717) is 6.42 Å². The molecule has 2 unspecified atom stereocenters. The summed E-state index contributed by atoms with van der Waals surface area (Å²) in [6.45, 7) is 1.93. The molecule has 0 bridgehead atoms. The van der Waals surface area contributed by atoms with Crippen LogP contribution in [0.3, 0.4) is 0 Å². The lowest BCUT2D eigenvalue weighted by Crippen LogP contribution is -2.28. The molecule has 0 saturated carbocycles. The van der Waals surface area contributed by atoms with Crippen molar-refractivity contribution in [3.05, 3.63) is 16.6 Å². The lowest BCUT2D eigenvalue weighted by molar-refractivity contribution is -0.126. The van der Waals surface area contributed by atoms with E-state index >= 15 is 0 Å². The van der Waals surface area contributed by atoms with E-state index < -0.39 is 6.10 Å². The number of aromatic nitrogens is 2. The van der Waals surface area contributed by atoms with Gasteiger partial charge in [0.05, 0.1) is 6.10 Å². The number of hydrogen-bond acceptors (Lipinski definition) is 4. The molecule has 17 heavy (non-hydrogen) atoms. The van der Waals surface area contributed by atoms with Gasteiger partial charge in [-0.05, 0) is 19.8 Å². The zero-order valence-corrected chi connectivity index (χ0v) is 10.6. The van der Waals surface area contributed by atoms with E-state index in [9.17, 15) is 4.79 Å². The van der Waals surface area contributed by atoms with Crippen LogP contribution in [0.4, 0.5) is 5.69 Å². The second kappa shape index (κ2) is 5.16. The third-order valence-electron chi connectivity index (χ3n) is 2.53. The van der Waals surface area contributed by atoms with E-state index in [4.69, 9.17) is 27.9 Å². The van der Waals surface area contributed by atoms with Crippen molar-refractivity contribution in [1.82, 2.24) is 9.97 Å². The fraction of sp³-hybridized carbons (Fsp3) is 0.500. The Morgan fingerprint density at radius 1 is 1.41 bits per heavy atom. The highest BCUT2D eigenvalue weighted by Crippen LogP contribution is 2.27. The van der Waals surface area contributed by atoms with Gasteiger partial charge in [0.25, 0.3) is 5.91 Å². The smallest absolute Gasteiger partial charge is 0.253 e. The third-order valence-corrected chi connectivity index (χ3v) is 3.10. The Kier molecular flexibility index (Phi) is 3.81. The van der Waals surface area contributed by atoms with Crippen LogP contribution in [0.1, 0.15) is 19.8 Å². The van der Waals surface area contributed by atoms with E-state index in [1.165, 1.54) is 6.33 Å². The summed E-state index contributed by atoms with van der Waals surface area (Å²) in [5.74, 6) is -0.270. The molecule has 92 valence electrons. The number of anilines is 1. The number of ether oxygens (including phenoxy) is 1. The van der Waals surface area contributed by atoms with Crippen molar-refractivity contribution in [3.8, 4) is 0 Å². The van der Waals surface area contributed by atoms with Gasteiger partial charge in [0.15, 0.2) is 10.3 Å². The van der Waals surface area contributed by atoms with Gasteiger partial charge >= 0.3 is 0 Å². The SMILES string of the molecule is CC1CCC(C(=O)Nc2c(Cl)ncnc2Cl)O1. The number of rotatable bonds is 2. The first-order valence-electron chi connectivity index (χ1n) is 5.20. The molecule has 1 aromatic heterocycles. The van der Waals surface area contributed by atoms with E-state index in [2.05, 4.69) is 15.3 Å². The summed E-state index contributed by atoms with van der Waals surface area (Å²) in [4.78, 5) is 19.4. The molecule has 0 spiro atoms. The van der Waals surface area contributed by atoms with Gasteiger partial charge < -0.3 is 10.1 Å².